The normalized spacial score (nSPS) is 21.8. The number of hydrogen-bond donors (Lipinski definition) is 0. The van der Waals surface area contributed by atoms with Gasteiger partial charge < -0.3 is 9.47 Å². The highest BCUT2D eigenvalue weighted by Crippen LogP contribution is 2.35. The Balaban J connectivity index is 2.23. The van der Waals surface area contributed by atoms with Gasteiger partial charge in [0.1, 0.15) is 0 Å². The molecule has 108 valence electrons. The summed E-state index contributed by atoms with van der Waals surface area (Å²) in [4.78, 5) is 0. The molecule has 1 unspecified atom stereocenters. The lowest BCUT2D eigenvalue weighted by Gasteiger charge is -2.31. The van der Waals surface area contributed by atoms with E-state index in [9.17, 15) is 13.2 Å². The number of ether oxygens (including phenoxy) is 2. The molecule has 0 saturated carbocycles. The van der Waals surface area contributed by atoms with E-state index >= 15 is 0 Å². The molecule has 6 heteroatoms. The molecule has 1 aliphatic heterocycles. The topological polar surface area (TPSA) is 18.5 Å². The molecule has 0 amide bonds. The first-order valence-corrected chi connectivity index (χ1v) is 7.44. The zero-order chi connectivity index (χ0) is 13.6. The average molecular weight is 286 g/mol. The second kappa shape index (κ2) is 7.01. The van der Waals surface area contributed by atoms with E-state index < -0.39 is 11.8 Å². The van der Waals surface area contributed by atoms with E-state index in [1.54, 1.807) is 0 Å². The van der Waals surface area contributed by atoms with Crippen LogP contribution in [0.5, 0.6) is 0 Å². The monoisotopic (exact) mass is 286 g/mol. The van der Waals surface area contributed by atoms with Crippen LogP contribution >= 0.6 is 11.8 Å². The quantitative estimate of drug-likeness (QED) is 0.694. The van der Waals surface area contributed by atoms with E-state index in [-0.39, 0.29) is 25.7 Å². The van der Waals surface area contributed by atoms with Gasteiger partial charge in [0.2, 0.25) is 0 Å². The molecule has 0 aromatic rings. The SMILES string of the molecule is CCC(C)(OCCOC1CCSCC1)C(F)(F)F. The Hall–Kier alpha value is 0.0600. The van der Waals surface area contributed by atoms with Crippen molar-refractivity contribution in [2.45, 2.75) is 51.0 Å². The van der Waals surface area contributed by atoms with Crippen LogP contribution < -0.4 is 0 Å². The van der Waals surface area contributed by atoms with E-state index in [0.29, 0.717) is 0 Å². The van der Waals surface area contributed by atoms with Crippen LogP contribution in [-0.2, 0) is 9.47 Å². The van der Waals surface area contributed by atoms with Gasteiger partial charge in [-0.3, -0.25) is 0 Å². The summed E-state index contributed by atoms with van der Waals surface area (Å²) in [6, 6.07) is 0. The molecule has 1 rings (SSSR count). The van der Waals surface area contributed by atoms with Gasteiger partial charge in [-0.1, -0.05) is 6.92 Å². The summed E-state index contributed by atoms with van der Waals surface area (Å²) in [6.45, 7) is 2.80. The first-order valence-electron chi connectivity index (χ1n) is 6.29. The van der Waals surface area contributed by atoms with Crippen LogP contribution in [0, 0.1) is 0 Å². The third-order valence-corrected chi connectivity index (χ3v) is 4.35. The smallest absolute Gasteiger partial charge is 0.376 e. The number of hydrogen-bond acceptors (Lipinski definition) is 3. The molecular formula is C12H21F3O2S. The molecule has 1 aliphatic rings. The summed E-state index contributed by atoms with van der Waals surface area (Å²) < 4.78 is 48.7. The van der Waals surface area contributed by atoms with Crippen LogP contribution in [0.25, 0.3) is 0 Å². The Kier molecular flexibility index (Phi) is 6.27. The summed E-state index contributed by atoms with van der Waals surface area (Å²) in [5, 5.41) is 0. The van der Waals surface area contributed by atoms with Crippen LogP contribution in [0.15, 0.2) is 0 Å². The zero-order valence-corrected chi connectivity index (χ0v) is 11.7. The van der Waals surface area contributed by atoms with E-state index in [4.69, 9.17) is 9.47 Å². The van der Waals surface area contributed by atoms with Gasteiger partial charge >= 0.3 is 6.18 Å². The molecule has 0 bridgehead atoms. The Bertz CT molecular complexity index is 242. The van der Waals surface area contributed by atoms with E-state index in [2.05, 4.69) is 0 Å². The summed E-state index contributed by atoms with van der Waals surface area (Å²) in [7, 11) is 0. The van der Waals surface area contributed by atoms with Gasteiger partial charge in [-0.25, -0.2) is 0 Å². The number of thioether (sulfide) groups is 1. The minimum absolute atomic E-state index is 0.00646. The highest BCUT2D eigenvalue weighted by Gasteiger charge is 2.50. The molecule has 1 saturated heterocycles. The van der Waals surface area contributed by atoms with Gasteiger partial charge in [0.15, 0.2) is 5.60 Å². The Morgan fingerprint density at radius 3 is 2.28 bits per heavy atom. The predicted octanol–water partition coefficient (Wildman–Crippen LogP) is 3.65. The predicted molar refractivity (Wildman–Crippen MR) is 67.0 cm³/mol. The largest absolute Gasteiger partial charge is 0.417 e. The van der Waals surface area contributed by atoms with Crippen molar-refractivity contribution in [1.29, 1.82) is 0 Å². The maximum absolute atomic E-state index is 12.7. The lowest BCUT2D eigenvalue weighted by Crippen LogP contribution is -2.45. The van der Waals surface area contributed by atoms with Crippen molar-refractivity contribution < 1.29 is 22.6 Å². The minimum Gasteiger partial charge on any atom is -0.376 e. The molecule has 0 aromatic heterocycles. The third kappa shape index (κ3) is 4.63. The fourth-order valence-electron chi connectivity index (χ4n) is 1.71. The Labute approximate surface area is 111 Å². The van der Waals surface area contributed by atoms with E-state index in [1.165, 1.54) is 6.92 Å². The Morgan fingerprint density at radius 1 is 1.17 bits per heavy atom. The standard InChI is InChI=1S/C12H21F3O2S/c1-3-11(2,12(13,14)15)17-7-6-16-10-4-8-18-9-5-10/h10H,3-9H2,1-2H3. The molecule has 1 fully saturated rings. The van der Waals surface area contributed by atoms with E-state index in [0.717, 1.165) is 31.3 Å². The fraction of sp³-hybridized carbons (Fsp3) is 1.00. The van der Waals surface area contributed by atoms with Gasteiger partial charge in [0.25, 0.3) is 0 Å². The van der Waals surface area contributed by atoms with Crippen LogP contribution in [0.3, 0.4) is 0 Å². The van der Waals surface area contributed by atoms with Crippen molar-refractivity contribution >= 4 is 11.8 Å². The Morgan fingerprint density at radius 2 is 1.78 bits per heavy atom. The lowest BCUT2D eigenvalue weighted by atomic mass is 10.0. The van der Waals surface area contributed by atoms with Gasteiger partial charge in [0, 0.05) is 0 Å². The zero-order valence-electron chi connectivity index (χ0n) is 10.9. The maximum Gasteiger partial charge on any atom is 0.417 e. The molecule has 0 aromatic carbocycles. The van der Waals surface area contributed by atoms with Gasteiger partial charge in [-0.2, -0.15) is 24.9 Å². The first kappa shape index (κ1) is 16.1. The average Bonchev–Trinajstić information content (AvgIpc) is 2.34. The van der Waals surface area contributed by atoms with Crippen LogP contribution in [0.1, 0.15) is 33.1 Å². The highest BCUT2D eigenvalue weighted by atomic mass is 32.2. The van der Waals surface area contributed by atoms with E-state index in [1.807, 2.05) is 11.8 Å². The second-order valence-corrected chi connectivity index (χ2v) is 5.84. The van der Waals surface area contributed by atoms with Crippen molar-refractivity contribution in [1.82, 2.24) is 0 Å². The van der Waals surface area contributed by atoms with Crippen molar-refractivity contribution in [3.63, 3.8) is 0 Å². The summed E-state index contributed by atoms with van der Waals surface area (Å²) in [6.07, 6.45) is -2.27. The van der Waals surface area contributed by atoms with Gasteiger partial charge in [-0.05, 0) is 37.7 Å². The summed E-state index contributed by atoms with van der Waals surface area (Å²) in [5.74, 6) is 2.14. The van der Waals surface area contributed by atoms with Crippen molar-refractivity contribution in [2.24, 2.45) is 0 Å². The summed E-state index contributed by atoms with van der Waals surface area (Å²) >= 11 is 1.89. The first-order chi connectivity index (χ1) is 8.39. The lowest BCUT2D eigenvalue weighted by molar-refractivity contribution is -0.274. The minimum atomic E-state index is -4.33. The molecule has 2 nitrogen and oxygen atoms in total. The molecule has 18 heavy (non-hydrogen) atoms. The molecule has 1 heterocycles. The molecule has 0 spiro atoms. The van der Waals surface area contributed by atoms with Crippen LogP contribution in [0.4, 0.5) is 13.2 Å². The molecule has 0 radical (unpaired) electrons. The van der Waals surface area contributed by atoms with Crippen LogP contribution in [-0.4, -0.2) is 42.6 Å². The van der Waals surface area contributed by atoms with Crippen molar-refractivity contribution in [3.05, 3.63) is 0 Å². The van der Waals surface area contributed by atoms with Gasteiger partial charge in [0.05, 0.1) is 19.3 Å². The van der Waals surface area contributed by atoms with Crippen molar-refractivity contribution in [3.8, 4) is 0 Å². The fourth-order valence-corrected chi connectivity index (χ4v) is 2.77. The number of halogens is 3. The number of rotatable bonds is 6. The van der Waals surface area contributed by atoms with Gasteiger partial charge in [-0.15, -0.1) is 0 Å². The molecule has 0 aliphatic carbocycles. The molecule has 1 atom stereocenters. The number of alkyl halides is 3. The molecular weight excluding hydrogens is 265 g/mol. The van der Waals surface area contributed by atoms with Crippen molar-refractivity contribution in [2.75, 3.05) is 24.7 Å². The molecule has 0 N–H and O–H groups in total. The summed E-state index contributed by atoms with van der Waals surface area (Å²) in [5.41, 5.74) is -2.06. The van der Waals surface area contributed by atoms with Crippen LogP contribution in [0.2, 0.25) is 0 Å². The third-order valence-electron chi connectivity index (χ3n) is 3.30. The maximum atomic E-state index is 12.7. The second-order valence-electron chi connectivity index (χ2n) is 4.61. The highest BCUT2D eigenvalue weighted by molar-refractivity contribution is 7.99.